The van der Waals surface area contributed by atoms with E-state index in [1.54, 1.807) is 43.5 Å². The Hall–Kier alpha value is -2.82. The van der Waals surface area contributed by atoms with Gasteiger partial charge in [0.25, 0.3) is 0 Å². The highest BCUT2D eigenvalue weighted by Crippen LogP contribution is 2.35. The molecule has 5 nitrogen and oxygen atoms in total. The number of hydrogen-bond donors (Lipinski definition) is 0. The maximum absolute atomic E-state index is 12.1. The molecule has 0 atom stereocenters. The van der Waals surface area contributed by atoms with E-state index in [1.807, 2.05) is 12.1 Å². The summed E-state index contributed by atoms with van der Waals surface area (Å²) < 4.78 is 11.1. The number of para-hydroxylation sites is 2. The van der Waals surface area contributed by atoms with Crippen LogP contribution >= 0.6 is 0 Å². The summed E-state index contributed by atoms with van der Waals surface area (Å²) in [6.07, 6.45) is 1.35. The van der Waals surface area contributed by atoms with E-state index >= 15 is 0 Å². The average molecular weight is 311 g/mol. The first-order valence-corrected chi connectivity index (χ1v) is 7.46. The predicted octanol–water partition coefficient (Wildman–Crippen LogP) is 3.53. The lowest BCUT2D eigenvalue weighted by Crippen LogP contribution is -2.40. The quantitative estimate of drug-likeness (QED) is 0.811. The monoisotopic (exact) mass is 311 g/mol. The first-order valence-electron chi connectivity index (χ1n) is 7.46. The molecule has 2 amide bonds. The van der Waals surface area contributed by atoms with E-state index in [9.17, 15) is 9.59 Å². The zero-order valence-corrected chi connectivity index (χ0v) is 12.8. The molecule has 5 heteroatoms. The van der Waals surface area contributed by atoms with Crippen LogP contribution in [0.1, 0.15) is 19.3 Å². The predicted molar refractivity (Wildman–Crippen MR) is 85.9 cm³/mol. The van der Waals surface area contributed by atoms with Crippen molar-refractivity contribution in [1.29, 1.82) is 0 Å². The fourth-order valence-electron chi connectivity index (χ4n) is 2.54. The Balaban J connectivity index is 1.94. The summed E-state index contributed by atoms with van der Waals surface area (Å²) >= 11 is 0. The van der Waals surface area contributed by atoms with Crippen molar-refractivity contribution in [3.63, 3.8) is 0 Å². The van der Waals surface area contributed by atoms with Crippen LogP contribution in [0.2, 0.25) is 0 Å². The molecule has 0 aromatic heterocycles. The van der Waals surface area contributed by atoms with Gasteiger partial charge >= 0.3 is 0 Å². The minimum atomic E-state index is -0.192. The van der Waals surface area contributed by atoms with Gasteiger partial charge in [0, 0.05) is 18.9 Å². The molecular weight excluding hydrogens is 294 g/mol. The lowest BCUT2D eigenvalue weighted by Gasteiger charge is -2.26. The number of hydrogen-bond acceptors (Lipinski definition) is 4. The maximum atomic E-state index is 12.1. The van der Waals surface area contributed by atoms with Crippen molar-refractivity contribution >= 4 is 17.5 Å². The Bertz CT molecular complexity index is 725. The van der Waals surface area contributed by atoms with Crippen LogP contribution < -0.4 is 14.4 Å². The summed E-state index contributed by atoms with van der Waals surface area (Å²) in [5.41, 5.74) is 0.477. The summed E-state index contributed by atoms with van der Waals surface area (Å²) in [6, 6.07) is 14.2. The Morgan fingerprint density at radius 1 is 0.913 bits per heavy atom. The second kappa shape index (κ2) is 6.52. The van der Waals surface area contributed by atoms with Crippen molar-refractivity contribution in [2.75, 3.05) is 12.0 Å². The number of benzene rings is 2. The third kappa shape index (κ3) is 3.18. The van der Waals surface area contributed by atoms with Crippen LogP contribution in [0, 0.1) is 0 Å². The summed E-state index contributed by atoms with van der Waals surface area (Å²) in [5, 5.41) is 0. The largest absolute Gasteiger partial charge is 0.497 e. The Morgan fingerprint density at radius 3 is 2.35 bits per heavy atom. The molecule has 23 heavy (non-hydrogen) atoms. The number of nitrogens with zero attached hydrogens (tertiary/aromatic N) is 1. The van der Waals surface area contributed by atoms with Crippen LogP contribution in [0.4, 0.5) is 5.69 Å². The van der Waals surface area contributed by atoms with E-state index in [2.05, 4.69) is 0 Å². The first-order chi connectivity index (χ1) is 11.2. The van der Waals surface area contributed by atoms with Crippen LogP contribution in [-0.2, 0) is 9.59 Å². The molecule has 0 radical (unpaired) electrons. The second-order valence-corrected chi connectivity index (χ2v) is 5.23. The number of methoxy groups -OCH3 is 1. The summed E-state index contributed by atoms with van der Waals surface area (Å²) in [5.74, 6) is 1.33. The number of amides is 2. The first kappa shape index (κ1) is 15.1. The maximum Gasteiger partial charge on any atom is 0.233 e. The molecule has 1 aliphatic rings. The molecule has 0 aliphatic carbocycles. The van der Waals surface area contributed by atoms with Crippen LogP contribution in [0.5, 0.6) is 17.2 Å². The van der Waals surface area contributed by atoms with Crippen LogP contribution in [0.3, 0.4) is 0 Å². The van der Waals surface area contributed by atoms with E-state index in [4.69, 9.17) is 9.47 Å². The third-order valence-electron chi connectivity index (χ3n) is 3.66. The van der Waals surface area contributed by atoms with Crippen molar-refractivity contribution in [3.8, 4) is 17.2 Å². The molecule has 1 fully saturated rings. The number of carbonyl (C=O) groups excluding carboxylic acids is 2. The zero-order chi connectivity index (χ0) is 16.2. The molecule has 0 N–H and O–H groups in total. The molecule has 0 unspecified atom stereocenters. The molecule has 2 aromatic carbocycles. The summed E-state index contributed by atoms with van der Waals surface area (Å²) in [7, 11) is 1.58. The lowest BCUT2D eigenvalue weighted by molar-refractivity contribution is -0.129. The van der Waals surface area contributed by atoms with Gasteiger partial charge in [-0.05, 0) is 30.7 Å². The average Bonchev–Trinajstić information content (AvgIpc) is 2.56. The van der Waals surface area contributed by atoms with Crippen LogP contribution in [0.15, 0.2) is 48.5 Å². The zero-order valence-electron chi connectivity index (χ0n) is 12.8. The third-order valence-corrected chi connectivity index (χ3v) is 3.66. The fraction of sp³-hybridized carbons (Fsp3) is 0.222. The number of imide groups is 1. The highest BCUT2D eigenvalue weighted by Gasteiger charge is 2.29. The Morgan fingerprint density at radius 2 is 1.61 bits per heavy atom. The van der Waals surface area contributed by atoms with E-state index in [1.165, 1.54) is 4.90 Å². The van der Waals surface area contributed by atoms with Gasteiger partial charge in [0.05, 0.1) is 12.8 Å². The van der Waals surface area contributed by atoms with Gasteiger partial charge in [-0.3, -0.25) is 9.59 Å². The minimum absolute atomic E-state index is 0.192. The Labute approximate surface area is 134 Å². The number of rotatable bonds is 4. The number of carbonyl (C=O) groups is 2. The van der Waals surface area contributed by atoms with Gasteiger partial charge in [0.2, 0.25) is 11.8 Å². The van der Waals surface area contributed by atoms with Gasteiger partial charge in [-0.25, -0.2) is 4.90 Å². The van der Waals surface area contributed by atoms with Crippen molar-refractivity contribution in [3.05, 3.63) is 48.5 Å². The van der Waals surface area contributed by atoms with Crippen LogP contribution in [-0.4, -0.2) is 18.9 Å². The highest BCUT2D eigenvalue weighted by molar-refractivity contribution is 6.17. The van der Waals surface area contributed by atoms with Crippen LogP contribution in [0.25, 0.3) is 0 Å². The highest BCUT2D eigenvalue weighted by atomic mass is 16.5. The molecule has 3 rings (SSSR count). The van der Waals surface area contributed by atoms with Gasteiger partial charge in [0.1, 0.15) is 11.5 Å². The summed E-state index contributed by atoms with van der Waals surface area (Å²) in [6.45, 7) is 0. The lowest BCUT2D eigenvalue weighted by atomic mass is 10.1. The standard InChI is InChI=1S/C18H17NO4/c1-22-13-6-4-7-14(12-13)23-16-9-3-2-8-15(16)19-17(20)10-5-11-18(19)21/h2-4,6-9,12H,5,10-11H2,1H3. The van der Waals surface area contributed by atoms with Gasteiger partial charge in [0.15, 0.2) is 5.75 Å². The van der Waals surface area contributed by atoms with Gasteiger partial charge < -0.3 is 9.47 Å². The fourth-order valence-corrected chi connectivity index (χ4v) is 2.54. The molecule has 1 saturated heterocycles. The number of piperidine rings is 1. The smallest absolute Gasteiger partial charge is 0.233 e. The molecule has 2 aromatic rings. The van der Waals surface area contributed by atoms with Crippen molar-refractivity contribution in [2.24, 2.45) is 0 Å². The van der Waals surface area contributed by atoms with Crippen molar-refractivity contribution in [1.82, 2.24) is 0 Å². The molecule has 0 bridgehead atoms. The summed E-state index contributed by atoms with van der Waals surface area (Å²) in [4.78, 5) is 25.5. The Kier molecular flexibility index (Phi) is 4.28. The molecule has 0 saturated carbocycles. The topological polar surface area (TPSA) is 55.8 Å². The number of ether oxygens (including phenoxy) is 2. The van der Waals surface area contributed by atoms with Crippen molar-refractivity contribution in [2.45, 2.75) is 19.3 Å². The second-order valence-electron chi connectivity index (χ2n) is 5.23. The normalized spacial score (nSPS) is 14.7. The van der Waals surface area contributed by atoms with E-state index < -0.39 is 0 Å². The number of anilines is 1. The molecule has 1 heterocycles. The molecule has 1 aliphatic heterocycles. The van der Waals surface area contributed by atoms with Gasteiger partial charge in [-0.1, -0.05) is 18.2 Å². The van der Waals surface area contributed by atoms with Gasteiger partial charge in [-0.15, -0.1) is 0 Å². The molecule has 0 spiro atoms. The van der Waals surface area contributed by atoms with Gasteiger partial charge in [-0.2, -0.15) is 0 Å². The SMILES string of the molecule is COc1cccc(Oc2ccccc2N2C(=O)CCCC2=O)c1. The van der Waals surface area contributed by atoms with E-state index in [-0.39, 0.29) is 11.8 Å². The molecule has 118 valence electrons. The minimum Gasteiger partial charge on any atom is -0.497 e. The van der Waals surface area contributed by atoms with Crippen molar-refractivity contribution < 1.29 is 19.1 Å². The van der Waals surface area contributed by atoms with E-state index in [0.29, 0.717) is 42.2 Å². The molecular formula is C18H17NO4. The van der Waals surface area contributed by atoms with E-state index in [0.717, 1.165) is 0 Å².